The van der Waals surface area contributed by atoms with Gasteiger partial charge in [0.15, 0.2) is 0 Å². The van der Waals surface area contributed by atoms with Crippen molar-refractivity contribution < 1.29 is 14.3 Å². The van der Waals surface area contributed by atoms with Crippen LogP contribution in [0.25, 0.3) is 0 Å². The quantitative estimate of drug-likeness (QED) is 0.617. The summed E-state index contributed by atoms with van der Waals surface area (Å²) in [7, 11) is 1.39. The standard InChI is InChI=1S/C22H20O3/c1-24-22(23)20-13-19(12-17-8-4-2-5-9-17)14-21(15-20)25-16-18-10-6-3-7-11-18/h2-11,13-15H,12,16H2,1H3. The van der Waals surface area contributed by atoms with Crippen LogP contribution in [0.4, 0.5) is 0 Å². The lowest BCUT2D eigenvalue weighted by molar-refractivity contribution is 0.0600. The van der Waals surface area contributed by atoms with Gasteiger partial charge in [0.25, 0.3) is 0 Å². The number of hydrogen-bond acceptors (Lipinski definition) is 3. The molecular weight excluding hydrogens is 312 g/mol. The number of methoxy groups -OCH3 is 1. The summed E-state index contributed by atoms with van der Waals surface area (Å²) >= 11 is 0. The number of ether oxygens (including phenoxy) is 2. The van der Waals surface area contributed by atoms with E-state index in [4.69, 9.17) is 9.47 Å². The second-order valence-corrected chi connectivity index (χ2v) is 5.79. The summed E-state index contributed by atoms with van der Waals surface area (Å²) in [6.45, 7) is 0.455. The van der Waals surface area contributed by atoms with Crippen molar-refractivity contribution in [1.29, 1.82) is 0 Å². The van der Waals surface area contributed by atoms with E-state index in [0.29, 0.717) is 17.9 Å². The number of benzene rings is 3. The normalized spacial score (nSPS) is 10.3. The molecule has 0 N–H and O–H groups in total. The highest BCUT2D eigenvalue weighted by Gasteiger charge is 2.10. The van der Waals surface area contributed by atoms with Gasteiger partial charge in [-0.1, -0.05) is 60.7 Å². The summed E-state index contributed by atoms with van der Waals surface area (Å²) < 4.78 is 10.8. The van der Waals surface area contributed by atoms with Crippen LogP contribution < -0.4 is 4.74 Å². The fourth-order valence-corrected chi connectivity index (χ4v) is 2.65. The highest BCUT2D eigenvalue weighted by atomic mass is 16.5. The van der Waals surface area contributed by atoms with Crippen LogP contribution in [0.5, 0.6) is 5.75 Å². The van der Waals surface area contributed by atoms with Crippen molar-refractivity contribution in [3.05, 3.63) is 101 Å². The topological polar surface area (TPSA) is 35.5 Å². The number of carbonyl (C=O) groups excluding carboxylic acids is 1. The van der Waals surface area contributed by atoms with Gasteiger partial charge in [-0.3, -0.25) is 0 Å². The molecule has 0 heterocycles. The number of carbonyl (C=O) groups is 1. The molecule has 0 atom stereocenters. The maximum Gasteiger partial charge on any atom is 0.337 e. The van der Waals surface area contributed by atoms with Crippen LogP contribution in [0.3, 0.4) is 0 Å². The lowest BCUT2D eigenvalue weighted by Crippen LogP contribution is -2.04. The lowest BCUT2D eigenvalue weighted by Gasteiger charge is -2.11. The minimum Gasteiger partial charge on any atom is -0.489 e. The van der Waals surface area contributed by atoms with Gasteiger partial charge in [0.2, 0.25) is 0 Å². The number of esters is 1. The first kappa shape index (κ1) is 16.8. The van der Waals surface area contributed by atoms with Gasteiger partial charge < -0.3 is 9.47 Å². The second-order valence-electron chi connectivity index (χ2n) is 5.79. The molecule has 0 saturated heterocycles. The Hall–Kier alpha value is -3.07. The summed E-state index contributed by atoms with van der Waals surface area (Å²) in [6.07, 6.45) is 0.730. The Kier molecular flexibility index (Phi) is 5.47. The first-order valence-corrected chi connectivity index (χ1v) is 8.17. The molecule has 25 heavy (non-hydrogen) atoms. The fourth-order valence-electron chi connectivity index (χ4n) is 2.65. The fraction of sp³-hybridized carbons (Fsp3) is 0.136. The minimum atomic E-state index is -0.362. The Bertz CT molecular complexity index is 826. The molecule has 3 aromatic rings. The molecule has 0 aliphatic heterocycles. The van der Waals surface area contributed by atoms with E-state index in [0.717, 1.165) is 17.5 Å². The molecule has 0 spiro atoms. The van der Waals surface area contributed by atoms with Crippen molar-refractivity contribution in [2.75, 3.05) is 7.11 Å². The molecule has 0 bridgehead atoms. The zero-order chi connectivity index (χ0) is 17.5. The Morgan fingerprint density at radius 1 is 0.800 bits per heavy atom. The molecule has 0 aromatic heterocycles. The molecule has 126 valence electrons. The van der Waals surface area contributed by atoms with Crippen LogP contribution in [-0.2, 0) is 17.8 Å². The SMILES string of the molecule is COC(=O)c1cc(Cc2ccccc2)cc(OCc2ccccc2)c1. The molecular formula is C22H20O3. The molecule has 0 aliphatic rings. The largest absolute Gasteiger partial charge is 0.489 e. The van der Waals surface area contributed by atoms with Crippen molar-refractivity contribution in [2.45, 2.75) is 13.0 Å². The maximum atomic E-state index is 12.0. The van der Waals surface area contributed by atoms with Crippen molar-refractivity contribution >= 4 is 5.97 Å². The first-order chi connectivity index (χ1) is 12.2. The van der Waals surface area contributed by atoms with E-state index in [9.17, 15) is 4.79 Å². The zero-order valence-corrected chi connectivity index (χ0v) is 14.1. The third-order valence-electron chi connectivity index (χ3n) is 3.89. The van der Waals surface area contributed by atoms with Crippen LogP contribution in [-0.4, -0.2) is 13.1 Å². The summed E-state index contributed by atoms with van der Waals surface area (Å²) in [4.78, 5) is 12.0. The maximum absolute atomic E-state index is 12.0. The first-order valence-electron chi connectivity index (χ1n) is 8.17. The second kappa shape index (κ2) is 8.15. The highest BCUT2D eigenvalue weighted by molar-refractivity contribution is 5.90. The van der Waals surface area contributed by atoms with Crippen LogP contribution in [0.1, 0.15) is 27.0 Å². The van der Waals surface area contributed by atoms with Gasteiger partial charge in [-0.15, -0.1) is 0 Å². The van der Waals surface area contributed by atoms with Gasteiger partial charge in [0, 0.05) is 0 Å². The summed E-state index contributed by atoms with van der Waals surface area (Å²) in [5, 5.41) is 0. The minimum absolute atomic E-state index is 0.362. The van der Waals surface area contributed by atoms with Crippen LogP contribution in [0.2, 0.25) is 0 Å². The smallest absolute Gasteiger partial charge is 0.337 e. The van der Waals surface area contributed by atoms with Crippen LogP contribution in [0, 0.1) is 0 Å². The van der Waals surface area contributed by atoms with Gasteiger partial charge in [-0.05, 0) is 41.3 Å². The molecule has 0 amide bonds. The van der Waals surface area contributed by atoms with E-state index in [2.05, 4.69) is 12.1 Å². The van der Waals surface area contributed by atoms with Crippen molar-refractivity contribution in [3.8, 4) is 5.75 Å². The summed E-state index contributed by atoms with van der Waals surface area (Å²) in [5.74, 6) is 0.303. The zero-order valence-electron chi connectivity index (χ0n) is 14.1. The van der Waals surface area contributed by atoms with E-state index >= 15 is 0 Å². The predicted molar refractivity (Wildman–Crippen MR) is 97.8 cm³/mol. The van der Waals surface area contributed by atoms with Crippen molar-refractivity contribution in [3.63, 3.8) is 0 Å². The third kappa shape index (κ3) is 4.70. The highest BCUT2D eigenvalue weighted by Crippen LogP contribution is 2.21. The molecule has 3 rings (SSSR count). The molecule has 0 radical (unpaired) electrons. The lowest BCUT2D eigenvalue weighted by atomic mass is 10.0. The molecule has 0 saturated carbocycles. The van der Waals surface area contributed by atoms with E-state index in [1.165, 1.54) is 12.7 Å². The third-order valence-corrected chi connectivity index (χ3v) is 3.89. The van der Waals surface area contributed by atoms with Crippen molar-refractivity contribution in [2.24, 2.45) is 0 Å². The Balaban J connectivity index is 1.83. The van der Waals surface area contributed by atoms with E-state index in [1.54, 1.807) is 6.07 Å². The average molecular weight is 332 g/mol. The van der Waals surface area contributed by atoms with Gasteiger partial charge in [0.1, 0.15) is 12.4 Å². The van der Waals surface area contributed by atoms with E-state index in [-0.39, 0.29) is 5.97 Å². The predicted octanol–water partition coefficient (Wildman–Crippen LogP) is 4.64. The van der Waals surface area contributed by atoms with Crippen LogP contribution >= 0.6 is 0 Å². The van der Waals surface area contributed by atoms with Gasteiger partial charge in [-0.25, -0.2) is 4.79 Å². The Labute approximate surface area is 147 Å². The molecule has 3 nitrogen and oxygen atoms in total. The van der Waals surface area contributed by atoms with Gasteiger partial charge >= 0.3 is 5.97 Å². The van der Waals surface area contributed by atoms with Gasteiger partial charge in [0.05, 0.1) is 12.7 Å². The molecule has 0 unspecified atom stereocenters. The van der Waals surface area contributed by atoms with E-state index < -0.39 is 0 Å². The average Bonchev–Trinajstić information content (AvgIpc) is 2.67. The monoisotopic (exact) mass is 332 g/mol. The molecule has 0 fully saturated rings. The summed E-state index contributed by atoms with van der Waals surface area (Å²) in [6, 6.07) is 25.6. The summed E-state index contributed by atoms with van der Waals surface area (Å²) in [5.41, 5.74) is 3.77. The Morgan fingerprint density at radius 2 is 1.44 bits per heavy atom. The molecule has 0 aliphatic carbocycles. The Morgan fingerprint density at radius 3 is 2.08 bits per heavy atom. The van der Waals surface area contributed by atoms with E-state index in [1.807, 2.05) is 60.7 Å². The molecule has 3 heteroatoms. The van der Waals surface area contributed by atoms with Crippen molar-refractivity contribution in [1.82, 2.24) is 0 Å². The molecule has 3 aromatic carbocycles. The van der Waals surface area contributed by atoms with Gasteiger partial charge in [-0.2, -0.15) is 0 Å². The van der Waals surface area contributed by atoms with Crippen LogP contribution in [0.15, 0.2) is 78.9 Å². The number of rotatable bonds is 6. The number of hydrogen-bond donors (Lipinski definition) is 0.